The maximum Gasteiger partial charge on any atom is 0.00250 e. The monoisotopic (exact) mass is 230 g/mol. The van der Waals surface area contributed by atoms with Crippen LogP contribution in [0.3, 0.4) is 0 Å². The maximum atomic E-state index is 6.31. The number of hydrogen-bond donors (Lipinski definition) is 0. The Bertz CT molecular complexity index is 268. The summed E-state index contributed by atoms with van der Waals surface area (Å²) in [7, 11) is 5.22. The maximum absolute atomic E-state index is 6.31. The zero-order chi connectivity index (χ0) is 11.0. The van der Waals surface area contributed by atoms with E-state index in [1.54, 1.807) is 0 Å². The molecular weight excluding hydrogens is 212 g/mol. The predicted octanol–water partition coefficient (Wildman–Crippen LogP) is 4.56. The second-order valence-electron chi connectivity index (χ2n) is 4.98. The van der Waals surface area contributed by atoms with E-state index in [0.29, 0.717) is 0 Å². The molecule has 0 nitrogen and oxygen atoms in total. The van der Waals surface area contributed by atoms with Gasteiger partial charge < -0.3 is 0 Å². The van der Waals surface area contributed by atoms with Crippen molar-refractivity contribution in [2.75, 3.05) is 12.5 Å². The first-order valence-corrected chi connectivity index (χ1v) is 8.02. The van der Waals surface area contributed by atoms with Crippen LogP contribution in [0.25, 0.3) is 0 Å². The number of hydrogen-bond acceptors (Lipinski definition) is 0. The van der Waals surface area contributed by atoms with Crippen LogP contribution in [0.1, 0.15) is 26.3 Å². The second kappa shape index (κ2) is 3.79. The third-order valence-electron chi connectivity index (χ3n) is 2.28. The summed E-state index contributed by atoms with van der Waals surface area (Å²) in [5.41, 5.74) is 1.59. The minimum Gasteiger partial charge on any atom is -0.142 e. The van der Waals surface area contributed by atoms with E-state index in [9.17, 15) is 0 Å². The Hall–Kier alpha value is -0.140. The molecule has 0 aliphatic carbocycles. The molecule has 1 aromatic carbocycles. The van der Waals surface area contributed by atoms with Gasteiger partial charge in [0.15, 0.2) is 0 Å². The predicted molar refractivity (Wildman–Crippen MR) is 68.7 cm³/mol. The lowest BCUT2D eigenvalue weighted by atomic mass is 9.87. The molecule has 2 heteroatoms. The Morgan fingerprint density at radius 1 is 1.00 bits per heavy atom. The van der Waals surface area contributed by atoms with Crippen molar-refractivity contribution in [3.8, 4) is 0 Å². The minimum atomic E-state index is -1.09. The van der Waals surface area contributed by atoms with E-state index in [0.717, 1.165) is 0 Å². The van der Waals surface area contributed by atoms with Gasteiger partial charge in [-0.25, -0.2) is 0 Å². The first-order chi connectivity index (χ1) is 6.21. The van der Waals surface area contributed by atoms with Crippen molar-refractivity contribution in [2.45, 2.75) is 31.1 Å². The Morgan fingerprint density at radius 3 is 1.71 bits per heavy atom. The van der Waals surface area contributed by atoms with Crippen LogP contribution in [0, 0.1) is 0 Å². The lowest BCUT2D eigenvalue weighted by Gasteiger charge is -2.24. The standard InChI is InChI=1S/C12H19ClS/c1-12(2,3)10-6-8-11(9-7-10)14(4,5)13/h6-9H,1-5H3. The number of rotatable bonds is 1. The first kappa shape index (κ1) is 11.9. The molecule has 80 valence electrons. The summed E-state index contributed by atoms with van der Waals surface area (Å²) in [6.45, 7) is 6.67. The molecule has 0 bridgehead atoms. The van der Waals surface area contributed by atoms with Gasteiger partial charge in [-0.1, -0.05) is 43.6 Å². The quantitative estimate of drug-likeness (QED) is 0.664. The molecule has 0 aliphatic heterocycles. The van der Waals surface area contributed by atoms with Crippen molar-refractivity contribution in [1.29, 1.82) is 0 Å². The third-order valence-corrected chi connectivity index (χ3v) is 4.21. The van der Waals surface area contributed by atoms with E-state index in [1.807, 2.05) is 0 Å². The Labute approximate surface area is 93.5 Å². The SMILES string of the molecule is CC(C)(C)c1ccc(S(C)(C)Cl)cc1. The topological polar surface area (TPSA) is 0 Å². The van der Waals surface area contributed by atoms with Gasteiger partial charge >= 0.3 is 0 Å². The molecule has 0 unspecified atom stereocenters. The molecule has 0 radical (unpaired) electrons. The number of benzene rings is 1. The third kappa shape index (κ3) is 2.93. The van der Waals surface area contributed by atoms with Gasteiger partial charge in [-0.3, -0.25) is 0 Å². The van der Waals surface area contributed by atoms with E-state index >= 15 is 0 Å². The van der Waals surface area contributed by atoms with Gasteiger partial charge in [0.25, 0.3) is 0 Å². The summed E-state index contributed by atoms with van der Waals surface area (Å²) in [6.07, 6.45) is 4.20. The van der Waals surface area contributed by atoms with Crippen molar-refractivity contribution in [3.63, 3.8) is 0 Å². The smallest absolute Gasteiger partial charge is 0.00250 e. The normalized spacial score (nSPS) is 14.1. The van der Waals surface area contributed by atoms with E-state index in [1.165, 1.54) is 10.5 Å². The van der Waals surface area contributed by atoms with Crippen LogP contribution in [-0.2, 0) is 5.41 Å². The Morgan fingerprint density at radius 2 is 1.43 bits per heavy atom. The molecule has 0 heterocycles. The van der Waals surface area contributed by atoms with Gasteiger partial charge in [0.05, 0.1) is 0 Å². The molecule has 0 saturated heterocycles. The molecule has 0 saturated carbocycles. The van der Waals surface area contributed by atoms with E-state index < -0.39 is 9.24 Å². The van der Waals surface area contributed by atoms with E-state index in [4.69, 9.17) is 10.7 Å². The largest absolute Gasteiger partial charge is 0.142 e. The highest BCUT2D eigenvalue weighted by atomic mass is 35.7. The first-order valence-electron chi connectivity index (χ1n) is 4.75. The Balaban J connectivity index is 3.02. The van der Waals surface area contributed by atoms with Crippen molar-refractivity contribution >= 4 is 19.9 Å². The van der Waals surface area contributed by atoms with Gasteiger partial charge in [-0.05, 0) is 35.6 Å². The molecule has 1 rings (SSSR count). The fraction of sp³-hybridized carbons (Fsp3) is 0.500. The summed E-state index contributed by atoms with van der Waals surface area (Å²) >= 11 is 0. The van der Waals surface area contributed by atoms with Crippen LogP contribution >= 0.6 is 19.9 Å². The molecule has 0 N–H and O–H groups in total. The van der Waals surface area contributed by atoms with Crippen molar-refractivity contribution < 1.29 is 0 Å². The summed E-state index contributed by atoms with van der Waals surface area (Å²) in [5.74, 6) is 0. The zero-order valence-corrected chi connectivity index (χ0v) is 11.2. The molecule has 0 aliphatic rings. The average molecular weight is 231 g/mol. The number of halogens is 1. The highest BCUT2D eigenvalue weighted by molar-refractivity contribution is 8.50. The van der Waals surface area contributed by atoms with E-state index in [2.05, 4.69) is 57.5 Å². The fourth-order valence-corrected chi connectivity index (χ4v) is 2.37. The zero-order valence-electron chi connectivity index (χ0n) is 9.60. The lowest BCUT2D eigenvalue weighted by molar-refractivity contribution is 0.589. The Kier molecular flexibility index (Phi) is 3.23. The summed E-state index contributed by atoms with van der Waals surface area (Å²) in [5, 5.41) is 0. The molecule has 0 spiro atoms. The summed E-state index contributed by atoms with van der Waals surface area (Å²) < 4.78 is 0. The second-order valence-corrected chi connectivity index (χ2v) is 10.2. The van der Waals surface area contributed by atoms with Crippen LogP contribution < -0.4 is 0 Å². The highest BCUT2D eigenvalue weighted by Gasteiger charge is 2.15. The highest BCUT2D eigenvalue weighted by Crippen LogP contribution is 2.53. The fourth-order valence-electron chi connectivity index (χ4n) is 1.28. The summed E-state index contributed by atoms with van der Waals surface area (Å²) in [4.78, 5) is 1.26. The molecule has 0 amide bonds. The van der Waals surface area contributed by atoms with Crippen LogP contribution in [0.15, 0.2) is 29.2 Å². The lowest BCUT2D eigenvalue weighted by Crippen LogP contribution is -2.10. The molecular formula is C12H19ClS. The molecule has 0 fully saturated rings. The molecule has 0 aromatic heterocycles. The van der Waals surface area contributed by atoms with Crippen LogP contribution in [-0.4, -0.2) is 12.5 Å². The molecule has 14 heavy (non-hydrogen) atoms. The van der Waals surface area contributed by atoms with Gasteiger partial charge in [0, 0.05) is 4.90 Å². The van der Waals surface area contributed by atoms with Gasteiger partial charge in [-0.2, -0.15) is 0 Å². The van der Waals surface area contributed by atoms with Crippen LogP contribution in [0.2, 0.25) is 0 Å². The van der Waals surface area contributed by atoms with Gasteiger partial charge in [-0.15, -0.1) is 9.24 Å². The van der Waals surface area contributed by atoms with E-state index in [-0.39, 0.29) is 5.41 Å². The average Bonchev–Trinajstić information content (AvgIpc) is 2.01. The summed E-state index contributed by atoms with van der Waals surface area (Å²) in [6, 6.07) is 8.69. The van der Waals surface area contributed by atoms with Crippen LogP contribution in [0.5, 0.6) is 0 Å². The molecule has 1 aromatic rings. The van der Waals surface area contributed by atoms with Crippen molar-refractivity contribution in [2.24, 2.45) is 0 Å². The minimum absolute atomic E-state index is 0.227. The molecule has 0 atom stereocenters. The van der Waals surface area contributed by atoms with Gasteiger partial charge in [0.1, 0.15) is 0 Å². The van der Waals surface area contributed by atoms with Gasteiger partial charge in [0.2, 0.25) is 0 Å². The van der Waals surface area contributed by atoms with Crippen molar-refractivity contribution in [3.05, 3.63) is 29.8 Å². The van der Waals surface area contributed by atoms with Crippen molar-refractivity contribution in [1.82, 2.24) is 0 Å². The van der Waals surface area contributed by atoms with Crippen LogP contribution in [0.4, 0.5) is 0 Å².